The topological polar surface area (TPSA) is 6.48 Å². The third-order valence-corrected chi connectivity index (χ3v) is 3.93. The minimum absolute atomic E-state index is 0. The zero-order valence-electron chi connectivity index (χ0n) is 12.5. The first-order valence-electron chi connectivity index (χ1n) is 7.25. The van der Waals surface area contributed by atoms with Crippen molar-refractivity contribution in [1.29, 1.82) is 0 Å². The number of rotatable bonds is 2. The van der Waals surface area contributed by atoms with Crippen LogP contribution in [0, 0.1) is 20.5 Å². The molecule has 0 saturated carbocycles. The second kappa shape index (κ2) is 7.11. The van der Waals surface area contributed by atoms with E-state index in [1.54, 1.807) is 0 Å². The van der Waals surface area contributed by atoms with Crippen LogP contribution < -0.4 is 9.80 Å². The predicted molar refractivity (Wildman–Crippen MR) is 86.0 cm³/mol. The van der Waals surface area contributed by atoms with Crippen LogP contribution in [0.5, 0.6) is 0 Å². The van der Waals surface area contributed by atoms with Gasteiger partial charge in [-0.15, -0.1) is 0 Å². The van der Waals surface area contributed by atoms with Gasteiger partial charge >= 0.3 is 0 Å². The maximum absolute atomic E-state index is 2.37. The number of aryl methyl sites for hydroxylation is 2. The number of hydrogen-bond acceptors (Lipinski definition) is 2. The van der Waals surface area contributed by atoms with Crippen molar-refractivity contribution < 1.29 is 20.4 Å². The van der Waals surface area contributed by atoms with Crippen LogP contribution in [0.15, 0.2) is 48.5 Å². The molecular formula is C18H21N2Pd-. The van der Waals surface area contributed by atoms with Crippen molar-refractivity contribution in [3.05, 3.63) is 66.3 Å². The van der Waals surface area contributed by atoms with Gasteiger partial charge in [0, 0.05) is 31.8 Å². The van der Waals surface area contributed by atoms with Gasteiger partial charge in [0.05, 0.1) is 0 Å². The molecule has 1 aliphatic rings. The SMILES string of the molecule is Cc1ccccc1N1[CH-]N(c2ccccc2C)CCC1.[Pd]. The van der Waals surface area contributed by atoms with Crippen LogP contribution >= 0.6 is 0 Å². The van der Waals surface area contributed by atoms with Crippen LogP contribution in [0.4, 0.5) is 11.4 Å². The first kappa shape index (κ1) is 16.1. The number of anilines is 2. The van der Waals surface area contributed by atoms with Crippen LogP contribution in [0.3, 0.4) is 0 Å². The number of benzene rings is 2. The average Bonchev–Trinajstić information content (AvgIpc) is 2.48. The van der Waals surface area contributed by atoms with Crippen molar-refractivity contribution in [2.24, 2.45) is 0 Å². The minimum Gasteiger partial charge on any atom is -0.503 e. The van der Waals surface area contributed by atoms with Gasteiger partial charge in [-0.2, -0.15) is 6.67 Å². The molecule has 21 heavy (non-hydrogen) atoms. The summed E-state index contributed by atoms with van der Waals surface area (Å²) < 4.78 is 0. The maximum atomic E-state index is 2.37. The zero-order chi connectivity index (χ0) is 13.9. The first-order valence-corrected chi connectivity index (χ1v) is 7.25. The maximum Gasteiger partial charge on any atom is 0.0115 e. The number of hydrogen-bond donors (Lipinski definition) is 0. The van der Waals surface area contributed by atoms with Gasteiger partial charge in [0.2, 0.25) is 0 Å². The summed E-state index contributed by atoms with van der Waals surface area (Å²) in [6, 6.07) is 17.2. The van der Waals surface area contributed by atoms with Gasteiger partial charge in [0.25, 0.3) is 0 Å². The van der Waals surface area contributed by atoms with E-state index in [-0.39, 0.29) is 20.4 Å². The van der Waals surface area contributed by atoms with E-state index >= 15 is 0 Å². The summed E-state index contributed by atoms with van der Waals surface area (Å²) in [5.41, 5.74) is 5.28. The molecule has 3 heteroatoms. The summed E-state index contributed by atoms with van der Waals surface area (Å²) in [5.74, 6) is 0. The second-order valence-corrected chi connectivity index (χ2v) is 5.43. The Morgan fingerprint density at radius 2 is 1.19 bits per heavy atom. The first-order chi connectivity index (χ1) is 9.75. The molecule has 1 heterocycles. The Kier molecular flexibility index (Phi) is 5.45. The number of nitrogens with zero attached hydrogens (tertiary/aromatic N) is 2. The van der Waals surface area contributed by atoms with E-state index in [4.69, 9.17) is 0 Å². The molecule has 0 aromatic heterocycles. The molecule has 1 fully saturated rings. The zero-order valence-corrected chi connectivity index (χ0v) is 14.1. The van der Waals surface area contributed by atoms with E-state index in [0.717, 1.165) is 13.1 Å². The van der Waals surface area contributed by atoms with Crippen molar-refractivity contribution >= 4 is 11.4 Å². The fourth-order valence-electron chi connectivity index (χ4n) is 2.83. The molecule has 0 radical (unpaired) electrons. The molecule has 0 N–H and O–H groups in total. The summed E-state index contributed by atoms with van der Waals surface area (Å²) >= 11 is 0. The van der Waals surface area contributed by atoms with E-state index in [1.807, 2.05) is 0 Å². The van der Waals surface area contributed by atoms with Crippen LogP contribution in [-0.4, -0.2) is 13.1 Å². The normalized spacial score (nSPS) is 14.8. The molecule has 0 bridgehead atoms. The molecule has 2 nitrogen and oxygen atoms in total. The Morgan fingerprint density at radius 1 is 0.762 bits per heavy atom. The van der Waals surface area contributed by atoms with Crippen molar-refractivity contribution in [2.75, 3.05) is 22.9 Å². The standard InChI is InChI=1S/C18H21N2.Pd/c1-15-8-3-5-10-17(15)19-12-7-13-20(14-19)18-11-6-4-9-16(18)2;/h3-6,8-11,14H,7,12-13H2,1-2H3;/q-1;. The van der Waals surface area contributed by atoms with E-state index in [0.29, 0.717) is 0 Å². The molecule has 2 aromatic carbocycles. The van der Waals surface area contributed by atoms with Gasteiger partial charge in [-0.25, -0.2) is 0 Å². The Morgan fingerprint density at radius 3 is 1.62 bits per heavy atom. The van der Waals surface area contributed by atoms with E-state index < -0.39 is 0 Å². The Labute approximate surface area is 141 Å². The Bertz CT molecular complexity index is 546. The monoisotopic (exact) mass is 371 g/mol. The quantitative estimate of drug-likeness (QED) is 0.578. The Hall–Kier alpha value is -1.30. The molecule has 1 saturated heterocycles. The molecule has 0 unspecified atom stereocenters. The van der Waals surface area contributed by atoms with Crippen LogP contribution in [0.25, 0.3) is 0 Å². The number of para-hydroxylation sites is 2. The fourth-order valence-corrected chi connectivity index (χ4v) is 2.83. The summed E-state index contributed by atoms with van der Waals surface area (Å²) in [5, 5.41) is 0. The summed E-state index contributed by atoms with van der Waals surface area (Å²) in [6.07, 6.45) is 1.18. The van der Waals surface area contributed by atoms with E-state index in [9.17, 15) is 0 Å². The predicted octanol–water partition coefficient (Wildman–Crippen LogP) is 4.14. The fraction of sp³-hybridized carbons (Fsp3) is 0.278. The molecule has 3 rings (SSSR count). The molecule has 0 atom stereocenters. The van der Waals surface area contributed by atoms with Gasteiger partial charge in [-0.1, -0.05) is 36.4 Å². The summed E-state index contributed by atoms with van der Waals surface area (Å²) in [6.45, 7) is 8.79. The third-order valence-electron chi connectivity index (χ3n) is 3.93. The van der Waals surface area contributed by atoms with Gasteiger partial charge in [0.1, 0.15) is 0 Å². The minimum atomic E-state index is 0. The molecule has 2 aromatic rings. The largest absolute Gasteiger partial charge is 0.503 e. The van der Waals surface area contributed by atoms with Gasteiger partial charge < -0.3 is 9.80 Å². The van der Waals surface area contributed by atoms with Crippen molar-refractivity contribution in [2.45, 2.75) is 20.3 Å². The van der Waals surface area contributed by atoms with Crippen molar-refractivity contribution in [3.8, 4) is 0 Å². The van der Waals surface area contributed by atoms with E-state index in [1.165, 1.54) is 28.9 Å². The second-order valence-electron chi connectivity index (χ2n) is 5.43. The van der Waals surface area contributed by atoms with Crippen LogP contribution in [0.1, 0.15) is 17.5 Å². The molecular weight excluding hydrogens is 351 g/mol. The summed E-state index contributed by atoms with van der Waals surface area (Å²) in [7, 11) is 0. The molecule has 1 aliphatic heterocycles. The van der Waals surface area contributed by atoms with Crippen LogP contribution in [0.2, 0.25) is 0 Å². The van der Waals surface area contributed by atoms with Crippen molar-refractivity contribution in [3.63, 3.8) is 0 Å². The molecule has 0 aliphatic carbocycles. The van der Waals surface area contributed by atoms with Gasteiger partial charge in [-0.05, 0) is 56.6 Å². The van der Waals surface area contributed by atoms with E-state index in [2.05, 4.69) is 78.8 Å². The Balaban J connectivity index is 0.00000161. The van der Waals surface area contributed by atoms with Gasteiger partial charge in [0.15, 0.2) is 0 Å². The summed E-state index contributed by atoms with van der Waals surface area (Å²) in [4.78, 5) is 4.73. The molecule has 114 valence electrons. The average molecular weight is 372 g/mol. The third kappa shape index (κ3) is 3.48. The van der Waals surface area contributed by atoms with Crippen molar-refractivity contribution in [1.82, 2.24) is 0 Å². The van der Waals surface area contributed by atoms with Crippen LogP contribution in [-0.2, 0) is 20.4 Å². The molecule has 0 amide bonds. The van der Waals surface area contributed by atoms with Gasteiger partial charge in [-0.3, -0.25) is 0 Å². The molecule has 0 spiro atoms. The smallest absolute Gasteiger partial charge is 0.0115 e.